The molecule has 1 fully saturated rings. The highest BCUT2D eigenvalue weighted by atomic mass is 32.2. The van der Waals surface area contributed by atoms with Crippen LogP contribution in [-0.2, 0) is 10.2 Å². The molecular formula is C14H17FO2S. The third-order valence-corrected chi connectivity index (χ3v) is 4.75. The Kier molecular flexibility index (Phi) is 3.66. The summed E-state index contributed by atoms with van der Waals surface area (Å²) >= 11 is 1.53. The monoisotopic (exact) mass is 268 g/mol. The molecule has 1 aliphatic carbocycles. The predicted octanol–water partition coefficient (Wildman–Crippen LogP) is 3.75. The maximum Gasteiger partial charge on any atom is 0.314 e. The van der Waals surface area contributed by atoms with E-state index in [0.29, 0.717) is 18.4 Å². The predicted molar refractivity (Wildman–Crippen MR) is 70.7 cm³/mol. The van der Waals surface area contributed by atoms with Crippen LogP contribution in [0.4, 0.5) is 4.39 Å². The number of aliphatic carboxylic acids is 1. The van der Waals surface area contributed by atoms with Crippen LogP contribution in [0, 0.1) is 12.7 Å². The van der Waals surface area contributed by atoms with Gasteiger partial charge in [0.05, 0.1) is 5.41 Å². The van der Waals surface area contributed by atoms with E-state index in [1.165, 1.54) is 17.8 Å². The SMILES string of the molecule is CSc1cc(C2(C(=O)O)CCCC2)c(F)cc1C. The molecule has 98 valence electrons. The average Bonchev–Trinajstić information content (AvgIpc) is 2.79. The van der Waals surface area contributed by atoms with E-state index in [0.717, 1.165) is 23.3 Å². The summed E-state index contributed by atoms with van der Waals surface area (Å²) in [6.45, 7) is 1.85. The molecule has 1 aliphatic rings. The Morgan fingerprint density at radius 2 is 2.00 bits per heavy atom. The minimum atomic E-state index is -1.01. The van der Waals surface area contributed by atoms with E-state index in [9.17, 15) is 14.3 Å². The van der Waals surface area contributed by atoms with E-state index in [4.69, 9.17) is 0 Å². The fourth-order valence-electron chi connectivity index (χ4n) is 2.82. The van der Waals surface area contributed by atoms with Crippen molar-refractivity contribution in [3.8, 4) is 0 Å². The van der Waals surface area contributed by atoms with Crippen molar-refractivity contribution < 1.29 is 14.3 Å². The molecule has 0 unspecified atom stereocenters. The maximum atomic E-state index is 14.2. The van der Waals surface area contributed by atoms with Crippen molar-refractivity contribution in [3.63, 3.8) is 0 Å². The third-order valence-electron chi connectivity index (χ3n) is 3.87. The number of carbonyl (C=O) groups is 1. The van der Waals surface area contributed by atoms with Gasteiger partial charge in [-0.25, -0.2) is 4.39 Å². The highest BCUT2D eigenvalue weighted by Crippen LogP contribution is 2.43. The topological polar surface area (TPSA) is 37.3 Å². The van der Waals surface area contributed by atoms with Gasteiger partial charge in [0.25, 0.3) is 0 Å². The van der Waals surface area contributed by atoms with Gasteiger partial charge in [-0.1, -0.05) is 12.8 Å². The van der Waals surface area contributed by atoms with Crippen LogP contribution in [0.1, 0.15) is 36.8 Å². The highest BCUT2D eigenvalue weighted by Gasteiger charge is 2.44. The summed E-state index contributed by atoms with van der Waals surface area (Å²) in [7, 11) is 0. The molecular weight excluding hydrogens is 251 g/mol. The van der Waals surface area contributed by atoms with Gasteiger partial charge in [0, 0.05) is 10.5 Å². The quantitative estimate of drug-likeness (QED) is 0.848. The van der Waals surface area contributed by atoms with Gasteiger partial charge in [-0.2, -0.15) is 0 Å². The largest absolute Gasteiger partial charge is 0.481 e. The maximum absolute atomic E-state index is 14.2. The lowest BCUT2D eigenvalue weighted by molar-refractivity contribution is -0.143. The number of carboxylic acid groups (broad SMARTS) is 1. The molecule has 2 rings (SSSR count). The summed E-state index contributed by atoms with van der Waals surface area (Å²) in [4.78, 5) is 12.5. The molecule has 1 aromatic carbocycles. The Morgan fingerprint density at radius 3 is 2.50 bits per heavy atom. The first-order chi connectivity index (χ1) is 8.51. The number of benzene rings is 1. The van der Waals surface area contributed by atoms with Crippen LogP contribution in [0.25, 0.3) is 0 Å². The summed E-state index contributed by atoms with van der Waals surface area (Å²) in [5.41, 5.74) is 0.215. The second-order valence-corrected chi connectivity index (χ2v) is 5.74. The molecule has 18 heavy (non-hydrogen) atoms. The first kappa shape index (κ1) is 13.4. The third kappa shape index (κ3) is 2.03. The molecule has 0 aliphatic heterocycles. The number of hydrogen-bond donors (Lipinski definition) is 1. The highest BCUT2D eigenvalue weighted by molar-refractivity contribution is 7.98. The van der Waals surface area contributed by atoms with Crippen LogP contribution >= 0.6 is 11.8 Å². The molecule has 0 radical (unpaired) electrons. The summed E-state index contributed by atoms with van der Waals surface area (Å²) in [5, 5.41) is 9.50. The van der Waals surface area contributed by atoms with Crippen molar-refractivity contribution in [1.82, 2.24) is 0 Å². The number of hydrogen-bond acceptors (Lipinski definition) is 2. The van der Waals surface area contributed by atoms with Crippen molar-refractivity contribution in [2.75, 3.05) is 6.26 Å². The molecule has 0 aromatic heterocycles. The van der Waals surface area contributed by atoms with Gasteiger partial charge in [0.2, 0.25) is 0 Å². The van der Waals surface area contributed by atoms with Gasteiger partial charge < -0.3 is 5.11 Å². The second kappa shape index (κ2) is 4.92. The molecule has 0 spiro atoms. The first-order valence-electron chi connectivity index (χ1n) is 6.09. The average molecular weight is 268 g/mol. The molecule has 0 bridgehead atoms. The first-order valence-corrected chi connectivity index (χ1v) is 7.32. The fraction of sp³-hybridized carbons (Fsp3) is 0.500. The molecule has 1 aromatic rings. The van der Waals surface area contributed by atoms with Crippen molar-refractivity contribution in [2.45, 2.75) is 42.9 Å². The van der Waals surface area contributed by atoms with Gasteiger partial charge in [-0.05, 0) is 43.7 Å². The van der Waals surface area contributed by atoms with Crippen LogP contribution in [0.3, 0.4) is 0 Å². The summed E-state index contributed by atoms with van der Waals surface area (Å²) < 4.78 is 14.2. The Bertz CT molecular complexity index is 479. The van der Waals surface area contributed by atoms with Crippen molar-refractivity contribution >= 4 is 17.7 Å². The number of aryl methyl sites for hydroxylation is 1. The van der Waals surface area contributed by atoms with E-state index in [1.54, 1.807) is 6.07 Å². The van der Waals surface area contributed by atoms with Gasteiger partial charge in [0.1, 0.15) is 5.82 Å². The van der Waals surface area contributed by atoms with Gasteiger partial charge in [-0.3, -0.25) is 4.79 Å². The normalized spacial score (nSPS) is 17.9. The smallest absolute Gasteiger partial charge is 0.314 e. The zero-order chi connectivity index (χ0) is 13.3. The molecule has 0 saturated heterocycles. The second-order valence-electron chi connectivity index (χ2n) is 4.90. The molecule has 2 nitrogen and oxygen atoms in total. The zero-order valence-electron chi connectivity index (χ0n) is 10.6. The lowest BCUT2D eigenvalue weighted by Gasteiger charge is -2.25. The van der Waals surface area contributed by atoms with E-state index < -0.39 is 11.4 Å². The molecule has 0 amide bonds. The Balaban J connectivity index is 2.58. The standard InChI is InChI=1S/C14H17FO2S/c1-9-7-11(15)10(8-12(9)18-2)14(13(16)17)5-3-4-6-14/h7-8H,3-6H2,1-2H3,(H,16,17). The van der Waals surface area contributed by atoms with Gasteiger partial charge >= 0.3 is 5.97 Å². The molecule has 0 atom stereocenters. The van der Waals surface area contributed by atoms with Crippen molar-refractivity contribution in [2.24, 2.45) is 0 Å². The summed E-state index contributed by atoms with van der Waals surface area (Å²) in [6.07, 6.45) is 4.71. The molecule has 4 heteroatoms. The molecule has 1 N–H and O–H groups in total. The minimum Gasteiger partial charge on any atom is -0.481 e. The van der Waals surface area contributed by atoms with Crippen molar-refractivity contribution in [3.05, 3.63) is 29.1 Å². The van der Waals surface area contributed by atoms with E-state index in [1.807, 2.05) is 13.2 Å². The number of halogens is 1. The Morgan fingerprint density at radius 1 is 1.39 bits per heavy atom. The lowest BCUT2D eigenvalue weighted by atomic mass is 9.78. The van der Waals surface area contributed by atoms with E-state index in [-0.39, 0.29) is 5.82 Å². The van der Waals surface area contributed by atoms with Gasteiger partial charge in [0.15, 0.2) is 0 Å². The van der Waals surface area contributed by atoms with Crippen LogP contribution in [0.5, 0.6) is 0 Å². The minimum absolute atomic E-state index is 0.363. The number of rotatable bonds is 3. The van der Waals surface area contributed by atoms with Gasteiger partial charge in [-0.15, -0.1) is 11.8 Å². The van der Waals surface area contributed by atoms with Crippen LogP contribution in [0.15, 0.2) is 17.0 Å². The Labute approximate surface area is 111 Å². The Hall–Kier alpha value is -1.03. The van der Waals surface area contributed by atoms with Crippen molar-refractivity contribution in [1.29, 1.82) is 0 Å². The molecule has 1 saturated carbocycles. The van der Waals surface area contributed by atoms with E-state index >= 15 is 0 Å². The van der Waals surface area contributed by atoms with E-state index in [2.05, 4.69) is 0 Å². The van der Waals surface area contributed by atoms with Crippen LogP contribution in [0.2, 0.25) is 0 Å². The lowest BCUT2D eigenvalue weighted by Crippen LogP contribution is -2.33. The summed E-state index contributed by atoms with van der Waals surface area (Å²) in [6, 6.07) is 3.19. The zero-order valence-corrected chi connectivity index (χ0v) is 11.4. The number of carboxylic acids is 1. The number of thioether (sulfide) groups is 1. The van der Waals surface area contributed by atoms with Crippen LogP contribution < -0.4 is 0 Å². The van der Waals surface area contributed by atoms with Crippen LogP contribution in [-0.4, -0.2) is 17.3 Å². The summed E-state index contributed by atoms with van der Waals surface area (Å²) in [5.74, 6) is -1.27. The molecule has 0 heterocycles. The fourth-order valence-corrected chi connectivity index (χ4v) is 3.43.